The van der Waals surface area contributed by atoms with Gasteiger partial charge in [0.15, 0.2) is 0 Å². The van der Waals surface area contributed by atoms with Crippen LogP contribution in [0.1, 0.15) is 32.1 Å². The Kier molecular flexibility index (Phi) is 5.98. The quantitative estimate of drug-likeness (QED) is 0.421. The zero-order valence-electron chi connectivity index (χ0n) is 15.7. The first-order chi connectivity index (χ1) is 13.6. The van der Waals surface area contributed by atoms with E-state index in [-0.39, 0.29) is 6.10 Å². The van der Waals surface area contributed by atoms with Gasteiger partial charge < -0.3 is 17.9 Å². The Labute approximate surface area is 174 Å². The summed E-state index contributed by atoms with van der Waals surface area (Å²) >= 11 is 12.8. The zero-order chi connectivity index (χ0) is 19.7. The fraction of sp³-hybridized carbons (Fsp3) is 0.400. The van der Waals surface area contributed by atoms with Gasteiger partial charge in [-0.2, -0.15) is 0 Å². The van der Waals surface area contributed by atoms with E-state index in [2.05, 4.69) is 0 Å². The van der Waals surface area contributed by atoms with Gasteiger partial charge in [-0.1, -0.05) is 42.5 Å². The molecule has 28 heavy (non-hydrogen) atoms. The average molecular weight is 443 g/mol. The van der Waals surface area contributed by atoms with Gasteiger partial charge in [-0.15, -0.1) is 0 Å². The molecule has 1 fully saturated rings. The van der Waals surface area contributed by atoms with E-state index in [0.717, 1.165) is 25.7 Å². The molecule has 0 amide bonds. The second-order valence-corrected chi connectivity index (χ2v) is 8.52. The number of ether oxygens (including phenoxy) is 2. The fourth-order valence-electron chi connectivity index (χ4n) is 3.62. The molecule has 1 aliphatic carbocycles. The van der Waals surface area contributed by atoms with Gasteiger partial charge in [0, 0.05) is 0 Å². The lowest BCUT2D eigenvalue weighted by atomic mass is 9.98. The number of methoxy groups -OCH3 is 2. The molecule has 150 valence electrons. The molecular weight excluding hydrogens is 422 g/mol. The van der Waals surface area contributed by atoms with Crippen molar-refractivity contribution in [1.29, 1.82) is 0 Å². The van der Waals surface area contributed by atoms with Crippen LogP contribution >= 0.6 is 31.4 Å². The van der Waals surface area contributed by atoms with Crippen molar-refractivity contribution < 1.29 is 22.4 Å². The maximum absolute atomic E-state index is 6.39. The molecule has 0 spiro atoms. The van der Waals surface area contributed by atoms with E-state index in [1.54, 1.807) is 38.5 Å². The van der Waals surface area contributed by atoms with E-state index in [9.17, 15) is 0 Å². The maximum atomic E-state index is 6.39. The number of rotatable bonds is 4. The van der Waals surface area contributed by atoms with E-state index in [0.29, 0.717) is 43.5 Å². The standard InChI is InChI=1S/C20H21Cl2O5P/c1-23-19-13(21)8-10-15-17(19)18-16(11-9-14(22)20(18)24-2)27-28(26-15)25-12-6-4-3-5-7-12/h8-12H,3-7H2,1-2H3. The van der Waals surface area contributed by atoms with Crippen molar-refractivity contribution in [3.8, 4) is 11.5 Å². The van der Waals surface area contributed by atoms with Crippen molar-refractivity contribution in [2.45, 2.75) is 38.2 Å². The van der Waals surface area contributed by atoms with Crippen molar-refractivity contribution in [2.24, 2.45) is 0 Å². The number of benzene rings is 2. The van der Waals surface area contributed by atoms with Gasteiger partial charge in [0.25, 0.3) is 0 Å². The van der Waals surface area contributed by atoms with Crippen LogP contribution in [0.3, 0.4) is 0 Å². The first-order valence-electron chi connectivity index (χ1n) is 9.18. The zero-order valence-corrected chi connectivity index (χ0v) is 18.1. The smallest absolute Gasteiger partial charge is 0.387 e. The van der Waals surface area contributed by atoms with Gasteiger partial charge >= 0.3 is 8.24 Å². The maximum Gasteiger partial charge on any atom is 0.387 e. The van der Waals surface area contributed by atoms with Gasteiger partial charge in [0.05, 0.1) is 41.1 Å². The Hall–Kier alpha value is -1.52. The molecule has 2 aromatic carbocycles. The molecule has 0 N–H and O–H groups in total. The highest BCUT2D eigenvalue weighted by Gasteiger charge is 2.21. The Morgan fingerprint density at radius 1 is 0.821 bits per heavy atom. The van der Waals surface area contributed by atoms with Crippen LogP contribution in [0.2, 0.25) is 10.0 Å². The van der Waals surface area contributed by atoms with E-state index in [1.807, 2.05) is 0 Å². The van der Waals surface area contributed by atoms with Crippen molar-refractivity contribution in [3.05, 3.63) is 34.3 Å². The summed E-state index contributed by atoms with van der Waals surface area (Å²) in [6.07, 6.45) is 5.73. The van der Waals surface area contributed by atoms with Crippen LogP contribution in [0, 0.1) is 0 Å². The topological polar surface area (TPSA) is 54.0 Å². The Morgan fingerprint density at radius 3 is 1.79 bits per heavy atom. The third-order valence-corrected chi connectivity index (χ3v) is 6.69. The number of halogens is 2. The van der Waals surface area contributed by atoms with E-state index in [4.69, 9.17) is 45.6 Å². The van der Waals surface area contributed by atoms with Crippen LogP contribution in [-0.2, 0) is 0 Å². The molecule has 1 saturated carbocycles. The van der Waals surface area contributed by atoms with Crippen LogP contribution in [0.4, 0.5) is 0 Å². The second kappa shape index (κ2) is 8.46. The van der Waals surface area contributed by atoms with Gasteiger partial charge in [-0.05, 0) is 37.1 Å². The number of fused-ring (bicyclic) bond motifs is 3. The molecule has 0 aliphatic heterocycles. The van der Waals surface area contributed by atoms with Gasteiger partial charge in [0.1, 0.15) is 22.7 Å². The van der Waals surface area contributed by atoms with Gasteiger partial charge in [-0.25, -0.2) is 0 Å². The molecule has 0 radical (unpaired) electrons. The third kappa shape index (κ3) is 3.69. The largest absolute Gasteiger partial charge is 0.494 e. The highest BCUT2D eigenvalue weighted by molar-refractivity contribution is 7.31. The minimum Gasteiger partial charge on any atom is -0.494 e. The molecule has 1 aromatic heterocycles. The minimum absolute atomic E-state index is 0.133. The highest BCUT2D eigenvalue weighted by Crippen LogP contribution is 2.46. The summed E-state index contributed by atoms with van der Waals surface area (Å²) < 4.78 is 29.7. The van der Waals surface area contributed by atoms with Crippen LogP contribution in [-0.4, -0.2) is 20.3 Å². The third-order valence-electron chi connectivity index (χ3n) is 4.93. The molecule has 1 heterocycles. The SMILES string of the molecule is COc1c(Cl)ccc2op(OC3CCCCC3)oc3ccc(Cl)c(OC)c3c12. The lowest BCUT2D eigenvalue weighted by molar-refractivity contribution is 0.200. The molecule has 0 atom stereocenters. The molecule has 3 aromatic rings. The van der Waals surface area contributed by atoms with Crippen LogP contribution in [0.15, 0.2) is 32.7 Å². The molecule has 0 saturated heterocycles. The summed E-state index contributed by atoms with van der Waals surface area (Å²) in [5, 5.41) is 2.19. The first kappa shape index (κ1) is 19.8. The summed E-state index contributed by atoms with van der Waals surface area (Å²) in [5.74, 6) is 0.943. The molecule has 4 rings (SSSR count). The second-order valence-electron chi connectivity index (χ2n) is 6.68. The summed E-state index contributed by atoms with van der Waals surface area (Å²) in [5.41, 5.74) is 1.12. The van der Waals surface area contributed by atoms with Gasteiger partial charge in [0.2, 0.25) is 0 Å². The summed E-state index contributed by atoms with van der Waals surface area (Å²) in [7, 11) is 1.48. The Morgan fingerprint density at radius 2 is 1.32 bits per heavy atom. The summed E-state index contributed by atoms with van der Waals surface area (Å²) in [4.78, 5) is 0. The average Bonchev–Trinajstić information content (AvgIpc) is 2.85. The fourth-order valence-corrected chi connectivity index (χ4v) is 5.29. The van der Waals surface area contributed by atoms with E-state index >= 15 is 0 Å². The van der Waals surface area contributed by atoms with Crippen LogP contribution < -0.4 is 14.0 Å². The number of hydrogen-bond donors (Lipinski definition) is 0. The van der Waals surface area contributed by atoms with Crippen molar-refractivity contribution in [3.63, 3.8) is 0 Å². The highest BCUT2D eigenvalue weighted by atomic mass is 35.5. The van der Waals surface area contributed by atoms with Crippen LogP contribution in [0.25, 0.3) is 21.9 Å². The lowest BCUT2D eigenvalue weighted by Gasteiger charge is -2.19. The predicted molar refractivity (Wildman–Crippen MR) is 113 cm³/mol. The molecule has 1 aliphatic rings. The Balaban J connectivity index is 2.04. The van der Waals surface area contributed by atoms with Crippen molar-refractivity contribution in [2.75, 3.05) is 14.2 Å². The molecule has 8 heteroatoms. The Bertz CT molecular complexity index is 972. The predicted octanol–water partition coefficient (Wildman–Crippen LogP) is 7.38. The van der Waals surface area contributed by atoms with Gasteiger partial charge in [-0.3, -0.25) is 4.52 Å². The van der Waals surface area contributed by atoms with Crippen molar-refractivity contribution in [1.82, 2.24) is 0 Å². The lowest BCUT2D eigenvalue weighted by Crippen LogP contribution is -2.18. The molecular formula is C20H21Cl2O5P. The van der Waals surface area contributed by atoms with E-state index < -0.39 is 8.24 Å². The molecule has 5 nitrogen and oxygen atoms in total. The number of hydrogen-bond acceptors (Lipinski definition) is 5. The summed E-state index contributed by atoms with van der Waals surface area (Å²) in [6, 6.07) is 7.04. The van der Waals surface area contributed by atoms with Crippen molar-refractivity contribution >= 4 is 53.4 Å². The van der Waals surface area contributed by atoms with E-state index in [1.165, 1.54) is 6.42 Å². The monoisotopic (exact) mass is 442 g/mol. The summed E-state index contributed by atoms with van der Waals surface area (Å²) in [6.45, 7) is 0. The molecule has 0 unspecified atom stereocenters. The normalized spacial score (nSPS) is 15.1. The minimum atomic E-state index is -1.65. The molecule has 0 bridgehead atoms. The van der Waals surface area contributed by atoms with Crippen LogP contribution in [0.5, 0.6) is 11.5 Å². The first-order valence-corrected chi connectivity index (χ1v) is 11.0.